The van der Waals surface area contributed by atoms with Crippen LogP contribution >= 0.6 is 0 Å². The molecule has 2 rings (SSSR count). The number of hydrogen-bond acceptors (Lipinski definition) is 0. The van der Waals surface area contributed by atoms with Gasteiger partial charge in [0.05, 0.1) is 41.3 Å². The maximum Gasteiger partial charge on any atom is 0.104 e. The van der Waals surface area contributed by atoms with Crippen LogP contribution in [0.4, 0.5) is 0 Å². The summed E-state index contributed by atoms with van der Waals surface area (Å²) in [6, 6.07) is 21.9. The van der Waals surface area contributed by atoms with Crippen molar-refractivity contribution < 1.29 is 42.9 Å². The average Bonchev–Trinajstić information content (AvgIpc) is 3.18. The van der Waals surface area contributed by atoms with E-state index in [4.69, 9.17) is 0 Å². The van der Waals surface area contributed by atoms with Gasteiger partial charge in [0.2, 0.25) is 0 Å². The predicted molar refractivity (Wildman–Crippen MR) is 253 cm³/mol. The minimum absolute atomic E-state index is 0. The van der Waals surface area contributed by atoms with E-state index >= 15 is 0 Å². The molecule has 2 nitrogen and oxygen atoms in total. The Morgan fingerprint density at radius 1 is 0.276 bits per heavy atom. The summed E-state index contributed by atoms with van der Waals surface area (Å²) in [6.45, 7) is 9.50. The van der Waals surface area contributed by atoms with Crippen LogP contribution in [-0.4, -0.2) is 50.2 Å². The number of benzene rings is 2. The van der Waals surface area contributed by atoms with Crippen molar-refractivity contribution in [3.05, 3.63) is 71.8 Å². The van der Waals surface area contributed by atoms with E-state index in [2.05, 4.69) is 103 Å². The summed E-state index contributed by atoms with van der Waals surface area (Å²) in [6.07, 6.45) is 46.3. The van der Waals surface area contributed by atoms with E-state index in [1.54, 1.807) is 0 Å². The Morgan fingerprint density at radius 3 is 0.672 bits per heavy atom. The second-order valence-electron chi connectivity index (χ2n) is 19.2. The van der Waals surface area contributed by atoms with Gasteiger partial charge in [-0.25, -0.2) is 0 Å². The number of unbranched alkanes of at least 4 members (excludes halogenated alkanes) is 30. The summed E-state index contributed by atoms with van der Waals surface area (Å²) < 4.78 is 2.23. The maximum absolute atomic E-state index is 2.37. The number of halogens is 2. The van der Waals surface area contributed by atoms with Gasteiger partial charge in [0.1, 0.15) is 13.1 Å². The van der Waals surface area contributed by atoms with Crippen LogP contribution in [0.15, 0.2) is 60.7 Å². The minimum Gasteiger partial charge on any atom is -1.00 e. The largest absolute Gasteiger partial charge is 1.00 e. The third kappa shape index (κ3) is 40.7. The van der Waals surface area contributed by atoms with Crippen LogP contribution in [0.2, 0.25) is 0 Å². The molecule has 0 bridgehead atoms. The second kappa shape index (κ2) is 43.0. The predicted octanol–water partition coefficient (Wildman–Crippen LogP) is 11.1. The van der Waals surface area contributed by atoms with Crippen molar-refractivity contribution in [3.8, 4) is 0 Å². The Bertz CT molecular complexity index is 972. The van der Waals surface area contributed by atoms with E-state index in [1.807, 2.05) is 0 Å². The highest BCUT2D eigenvalue weighted by Crippen LogP contribution is 2.17. The smallest absolute Gasteiger partial charge is 0.104 e. The van der Waals surface area contributed by atoms with E-state index in [0.717, 1.165) is 22.1 Å². The number of hydrogen-bond donors (Lipinski definition) is 0. The molecule has 2 aromatic rings. The van der Waals surface area contributed by atoms with Crippen molar-refractivity contribution in [3.63, 3.8) is 0 Å². The Balaban J connectivity index is 0. The molecule has 0 heterocycles. The van der Waals surface area contributed by atoms with E-state index in [-0.39, 0.29) is 34.0 Å². The van der Waals surface area contributed by atoms with E-state index < -0.39 is 0 Å². The minimum atomic E-state index is 0. The molecule has 2 aromatic carbocycles. The molecule has 0 saturated heterocycles. The van der Waals surface area contributed by atoms with Gasteiger partial charge in [0.15, 0.2) is 0 Å². The van der Waals surface area contributed by atoms with Gasteiger partial charge >= 0.3 is 0 Å². The molecule has 0 amide bonds. The fourth-order valence-electron chi connectivity index (χ4n) is 8.49. The molecule has 0 fully saturated rings. The van der Waals surface area contributed by atoms with Crippen molar-refractivity contribution in [1.82, 2.24) is 0 Å². The summed E-state index contributed by atoms with van der Waals surface area (Å²) in [5.41, 5.74) is 2.92. The first-order valence-electron chi connectivity index (χ1n) is 25.0. The fraction of sp³-hybridized carbons (Fsp3) is 0.778. The van der Waals surface area contributed by atoms with Crippen molar-refractivity contribution in [1.29, 1.82) is 0 Å². The molecule has 0 atom stereocenters. The second-order valence-corrected chi connectivity index (χ2v) is 19.2. The van der Waals surface area contributed by atoms with Crippen LogP contribution in [0.5, 0.6) is 0 Å². The number of nitrogens with zero attached hydrogens (tertiary/aromatic N) is 2. The summed E-state index contributed by atoms with van der Waals surface area (Å²) in [5, 5.41) is 0. The van der Waals surface area contributed by atoms with Gasteiger partial charge in [-0.1, -0.05) is 254 Å². The van der Waals surface area contributed by atoms with Gasteiger partial charge < -0.3 is 42.9 Å². The maximum atomic E-state index is 2.37. The van der Waals surface area contributed by atoms with Gasteiger partial charge in [-0.05, 0) is 25.7 Å². The highest BCUT2D eigenvalue weighted by Gasteiger charge is 2.16. The molecule has 0 aliphatic rings. The summed E-state index contributed by atoms with van der Waals surface area (Å²) in [5.74, 6) is 0. The van der Waals surface area contributed by atoms with Gasteiger partial charge in [-0.15, -0.1) is 0 Å². The zero-order valence-electron chi connectivity index (χ0n) is 39.9. The Hall–Kier alpha value is -0.680. The molecule has 0 N–H and O–H groups in total. The molecule has 0 spiro atoms. The highest BCUT2D eigenvalue weighted by molar-refractivity contribution is 5.14. The zero-order valence-corrected chi connectivity index (χ0v) is 43.1. The first kappa shape index (κ1) is 59.4. The lowest BCUT2D eigenvalue weighted by Crippen LogP contribution is -3.00. The lowest BCUT2D eigenvalue weighted by atomic mass is 10.0. The van der Waals surface area contributed by atoms with Crippen molar-refractivity contribution >= 4 is 0 Å². The topological polar surface area (TPSA) is 0 Å². The highest BCUT2D eigenvalue weighted by atomic mass is 79.9. The van der Waals surface area contributed by atoms with Crippen molar-refractivity contribution in [2.75, 3.05) is 41.3 Å². The van der Waals surface area contributed by atoms with Crippen LogP contribution in [0.1, 0.15) is 230 Å². The average molecular weight is 937 g/mol. The van der Waals surface area contributed by atoms with Crippen LogP contribution in [-0.2, 0) is 13.1 Å². The molecule has 0 aliphatic heterocycles. The molecule has 4 heteroatoms. The lowest BCUT2D eigenvalue weighted by Gasteiger charge is -2.30. The van der Waals surface area contributed by atoms with Crippen LogP contribution < -0.4 is 34.0 Å². The van der Waals surface area contributed by atoms with E-state index in [0.29, 0.717) is 0 Å². The first-order chi connectivity index (χ1) is 27.3. The molecule has 0 aliphatic carbocycles. The number of rotatable bonds is 38. The Morgan fingerprint density at radius 2 is 0.466 bits per heavy atom. The van der Waals surface area contributed by atoms with Crippen molar-refractivity contribution in [2.24, 2.45) is 0 Å². The van der Waals surface area contributed by atoms with Crippen LogP contribution in [0.25, 0.3) is 0 Å². The molecule has 0 saturated carbocycles. The molecular formula is C54H100Br2N2. The van der Waals surface area contributed by atoms with Gasteiger partial charge in [0.25, 0.3) is 0 Å². The molecule has 0 aromatic heterocycles. The lowest BCUT2D eigenvalue weighted by molar-refractivity contribution is -0.903. The quantitative estimate of drug-likeness (QED) is 0.0465. The van der Waals surface area contributed by atoms with E-state index in [9.17, 15) is 0 Å². The molecular weight excluding hydrogens is 836 g/mol. The van der Waals surface area contributed by atoms with Crippen LogP contribution in [0.3, 0.4) is 0 Å². The normalized spacial score (nSPS) is 11.4. The fourth-order valence-corrected chi connectivity index (χ4v) is 8.49. The third-order valence-corrected chi connectivity index (χ3v) is 12.1. The SMILES string of the molecule is CCCCCCCCCCCCCCCCCC[N+](C)(C)Cc1ccccc1.CCCCCCCCCCCCCCCCCC[N+](C)(C)Cc1ccccc1.[Br-].[Br-]. The molecule has 0 radical (unpaired) electrons. The first-order valence-corrected chi connectivity index (χ1v) is 25.0. The molecule has 340 valence electrons. The monoisotopic (exact) mass is 935 g/mol. The summed E-state index contributed by atoms with van der Waals surface area (Å²) >= 11 is 0. The molecule has 0 unspecified atom stereocenters. The standard InChI is InChI=1S/2C27H50N.2BrH/c2*1-4-5-6-7-8-9-10-11-12-13-14-15-16-17-18-22-25-28(2,3)26-27-23-20-19-21-24-27;;/h2*19-21,23-24H,4-18,22,25-26H2,1-3H3;2*1H/q2*+1;;/p-2. The Labute approximate surface area is 386 Å². The van der Waals surface area contributed by atoms with E-state index in [1.165, 1.54) is 230 Å². The van der Waals surface area contributed by atoms with Gasteiger partial charge in [0, 0.05) is 11.1 Å². The number of quaternary nitrogens is 2. The summed E-state index contributed by atoms with van der Waals surface area (Å²) in [7, 11) is 9.49. The third-order valence-electron chi connectivity index (χ3n) is 12.1. The van der Waals surface area contributed by atoms with Crippen molar-refractivity contribution in [2.45, 2.75) is 232 Å². The van der Waals surface area contributed by atoms with Crippen LogP contribution in [0, 0.1) is 0 Å². The molecule has 58 heavy (non-hydrogen) atoms. The van der Waals surface area contributed by atoms with Gasteiger partial charge in [-0.3, -0.25) is 0 Å². The Kier molecular flexibility index (Phi) is 44.0. The zero-order chi connectivity index (χ0) is 40.7. The van der Waals surface area contributed by atoms with Gasteiger partial charge in [-0.2, -0.15) is 0 Å². The summed E-state index contributed by atoms with van der Waals surface area (Å²) in [4.78, 5) is 0.